The summed E-state index contributed by atoms with van der Waals surface area (Å²) in [5.74, 6) is -0.268. The Morgan fingerprint density at radius 2 is 2.00 bits per heavy atom. The van der Waals surface area contributed by atoms with Crippen LogP contribution in [0.4, 0.5) is 4.39 Å². The van der Waals surface area contributed by atoms with Gasteiger partial charge < -0.3 is 0 Å². The summed E-state index contributed by atoms with van der Waals surface area (Å²) >= 11 is 0. The second-order valence-corrected chi connectivity index (χ2v) is 3.55. The molecular weight excluding hydrogens is 195 g/mol. The Labute approximate surface area is 86.2 Å². The standard InChI is InChI=1S/C11H11FN2O/c1-7-5-9(3-4-10(7)12)14-11(15)6-8(2)13-14/h3-6,13H,1-2H3. The fraction of sp³-hybridized carbons (Fsp3) is 0.182. The second-order valence-electron chi connectivity index (χ2n) is 3.55. The number of hydrogen-bond donors (Lipinski definition) is 1. The lowest BCUT2D eigenvalue weighted by Gasteiger charge is -2.03. The zero-order valence-electron chi connectivity index (χ0n) is 8.54. The summed E-state index contributed by atoms with van der Waals surface area (Å²) in [6.45, 7) is 3.47. The second kappa shape index (κ2) is 3.38. The molecule has 0 fully saturated rings. The number of hydrogen-bond acceptors (Lipinski definition) is 1. The minimum atomic E-state index is -0.268. The zero-order chi connectivity index (χ0) is 11.0. The first-order valence-corrected chi connectivity index (χ1v) is 4.63. The molecule has 0 unspecified atom stereocenters. The van der Waals surface area contributed by atoms with Crippen molar-refractivity contribution in [3.8, 4) is 5.69 Å². The molecular formula is C11H11FN2O. The molecule has 78 valence electrons. The van der Waals surface area contributed by atoms with Crippen LogP contribution in [0, 0.1) is 19.7 Å². The summed E-state index contributed by atoms with van der Waals surface area (Å²) in [6.07, 6.45) is 0. The number of rotatable bonds is 1. The number of aromatic nitrogens is 2. The molecule has 2 aromatic rings. The van der Waals surface area contributed by atoms with Crippen molar-refractivity contribution >= 4 is 0 Å². The van der Waals surface area contributed by atoms with Crippen LogP contribution < -0.4 is 5.56 Å². The highest BCUT2D eigenvalue weighted by Gasteiger charge is 2.04. The minimum Gasteiger partial charge on any atom is -0.295 e. The molecule has 1 N–H and O–H groups in total. The van der Waals surface area contributed by atoms with Crippen molar-refractivity contribution in [2.24, 2.45) is 0 Å². The molecule has 1 aromatic heterocycles. The predicted octanol–water partition coefficient (Wildman–Crippen LogP) is 1.92. The van der Waals surface area contributed by atoms with E-state index in [9.17, 15) is 9.18 Å². The molecule has 3 nitrogen and oxygen atoms in total. The Bertz CT molecular complexity index is 554. The van der Waals surface area contributed by atoms with Gasteiger partial charge in [0.05, 0.1) is 5.69 Å². The van der Waals surface area contributed by atoms with E-state index >= 15 is 0 Å². The van der Waals surface area contributed by atoms with Crippen molar-refractivity contribution in [2.45, 2.75) is 13.8 Å². The molecule has 0 saturated heterocycles. The van der Waals surface area contributed by atoms with E-state index in [0.717, 1.165) is 5.69 Å². The Balaban J connectivity index is 2.59. The first kappa shape index (κ1) is 9.71. The molecule has 0 saturated carbocycles. The fourth-order valence-electron chi connectivity index (χ4n) is 1.47. The van der Waals surface area contributed by atoms with E-state index in [1.165, 1.54) is 16.8 Å². The molecule has 0 bridgehead atoms. The van der Waals surface area contributed by atoms with Crippen LogP contribution in [0.25, 0.3) is 5.69 Å². The maximum Gasteiger partial charge on any atom is 0.271 e. The van der Waals surface area contributed by atoms with Crippen LogP contribution in [0.5, 0.6) is 0 Å². The summed E-state index contributed by atoms with van der Waals surface area (Å²) in [4.78, 5) is 11.5. The number of nitrogens with zero attached hydrogens (tertiary/aromatic N) is 1. The molecule has 0 aliphatic heterocycles. The highest BCUT2D eigenvalue weighted by molar-refractivity contribution is 5.35. The van der Waals surface area contributed by atoms with Crippen LogP contribution in [0.3, 0.4) is 0 Å². The molecule has 0 aliphatic carbocycles. The van der Waals surface area contributed by atoms with Gasteiger partial charge in [0.15, 0.2) is 0 Å². The third-order valence-corrected chi connectivity index (χ3v) is 2.25. The molecule has 0 amide bonds. The minimum absolute atomic E-state index is 0.140. The summed E-state index contributed by atoms with van der Waals surface area (Å²) in [5, 5.41) is 2.89. The topological polar surface area (TPSA) is 37.8 Å². The molecule has 0 radical (unpaired) electrons. The average Bonchev–Trinajstić information content (AvgIpc) is 2.50. The number of nitrogens with one attached hydrogen (secondary N) is 1. The van der Waals surface area contributed by atoms with E-state index in [-0.39, 0.29) is 11.4 Å². The quantitative estimate of drug-likeness (QED) is 0.760. The zero-order valence-corrected chi connectivity index (χ0v) is 8.54. The normalized spacial score (nSPS) is 10.6. The van der Waals surface area contributed by atoms with Gasteiger partial charge in [-0.15, -0.1) is 0 Å². The van der Waals surface area contributed by atoms with Gasteiger partial charge in [-0.05, 0) is 37.6 Å². The maximum atomic E-state index is 13.0. The van der Waals surface area contributed by atoms with Gasteiger partial charge in [0.2, 0.25) is 0 Å². The summed E-state index contributed by atoms with van der Waals surface area (Å²) in [6, 6.07) is 6.05. The van der Waals surface area contributed by atoms with E-state index in [2.05, 4.69) is 5.10 Å². The van der Waals surface area contributed by atoms with E-state index < -0.39 is 0 Å². The van der Waals surface area contributed by atoms with Crippen molar-refractivity contribution in [3.05, 3.63) is 51.7 Å². The van der Waals surface area contributed by atoms with E-state index in [1.54, 1.807) is 26.0 Å². The molecule has 15 heavy (non-hydrogen) atoms. The molecule has 0 aliphatic rings. The molecule has 4 heteroatoms. The van der Waals surface area contributed by atoms with Crippen molar-refractivity contribution in [3.63, 3.8) is 0 Å². The number of benzene rings is 1. The highest BCUT2D eigenvalue weighted by atomic mass is 19.1. The SMILES string of the molecule is Cc1cc(=O)n(-c2ccc(F)c(C)c2)[nH]1. The first-order valence-electron chi connectivity index (χ1n) is 4.63. The fourth-order valence-corrected chi connectivity index (χ4v) is 1.47. The van der Waals surface area contributed by atoms with Gasteiger partial charge in [-0.1, -0.05) is 0 Å². The Morgan fingerprint density at radius 3 is 2.53 bits per heavy atom. The number of aryl methyl sites for hydroxylation is 2. The summed E-state index contributed by atoms with van der Waals surface area (Å²) < 4.78 is 14.4. The van der Waals surface area contributed by atoms with E-state index in [4.69, 9.17) is 0 Å². The van der Waals surface area contributed by atoms with Crippen molar-refractivity contribution < 1.29 is 4.39 Å². The van der Waals surface area contributed by atoms with Crippen molar-refractivity contribution in [1.29, 1.82) is 0 Å². The highest BCUT2D eigenvalue weighted by Crippen LogP contribution is 2.11. The van der Waals surface area contributed by atoms with Crippen LogP contribution in [-0.4, -0.2) is 9.78 Å². The molecule has 1 aromatic carbocycles. The third kappa shape index (κ3) is 1.70. The van der Waals surface area contributed by atoms with Gasteiger partial charge in [-0.3, -0.25) is 9.89 Å². The van der Waals surface area contributed by atoms with E-state index in [0.29, 0.717) is 11.3 Å². The molecule has 0 atom stereocenters. The van der Waals surface area contributed by atoms with Crippen LogP contribution >= 0.6 is 0 Å². The predicted molar refractivity (Wildman–Crippen MR) is 55.8 cm³/mol. The van der Waals surface area contributed by atoms with Gasteiger partial charge in [-0.2, -0.15) is 0 Å². The lowest BCUT2D eigenvalue weighted by Crippen LogP contribution is -2.13. The van der Waals surface area contributed by atoms with E-state index in [1.807, 2.05) is 0 Å². The molecule has 1 heterocycles. The number of halogens is 1. The average molecular weight is 206 g/mol. The van der Waals surface area contributed by atoms with Gasteiger partial charge in [0, 0.05) is 11.8 Å². The Kier molecular flexibility index (Phi) is 2.19. The Morgan fingerprint density at radius 1 is 1.27 bits per heavy atom. The lowest BCUT2D eigenvalue weighted by molar-refractivity contribution is 0.617. The van der Waals surface area contributed by atoms with Gasteiger partial charge >= 0.3 is 0 Å². The molecule has 0 spiro atoms. The Hall–Kier alpha value is -1.84. The first-order chi connectivity index (χ1) is 7.08. The van der Waals surface area contributed by atoms with Crippen LogP contribution in [0.15, 0.2) is 29.1 Å². The van der Waals surface area contributed by atoms with Gasteiger partial charge in [-0.25, -0.2) is 9.07 Å². The van der Waals surface area contributed by atoms with Crippen LogP contribution in [-0.2, 0) is 0 Å². The molecule has 2 rings (SSSR count). The lowest BCUT2D eigenvalue weighted by atomic mass is 10.2. The monoisotopic (exact) mass is 206 g/mol. The summed E-state index contributed by atoms with van der Waals surface area (Å²) in [7, 11) is 0. The number of aromatic amines is 1. The van der Waals surface area contributed by atoms with Gasteiger partial charge in [0.25, 0.3) is 5.56 Å². The van der Waals surface area contributed by atoms with Crippen molar-refractivity contribution in [2.75, 3.05) is 0 Å². The maximum absolute atomic E-state index is 13.0. The largest absolute Gasteiger partial charge is 0.295 e. The van der Waals surface area contributed by atoms with Crippen molar-refractivity contribution in [1.82, 2.24) is 9.78 Å². The van der Waals surface area contributed by atoms with Crippen LogP contribution in [0.2, 0.25) is 0 Å². The smallest absolute Gasteiger partial charge is 0.271 e. The third-order valence-electron chi connectivity index (χ3n) is 2.25. The summed E-state index contributed by atoms with van der Waals surface area (Å²) in [5.41, 5.74) is 1.80. The van der Waals surface area contributed by atoms with Gasteiger partial charge in [0.1, 0.15) is 5.82 Å². The van der Waals surface area contributed by atoms with Crippen LogP contribution in [0.1, 0.15) is 11.3 Å². The number of H-pyrrole nitrogens is 1.